The van der Waals surface area contributed by atoms with Crippen molar-refractivity contribution >= 4 is 5.97 Å². The van der Waals surface area contributed by atoms with Crippen molar-refractivity contribution in [1.82, 2.24) is 10.2 Å². The first-order valence-corrected chi connectivity index (χ1v) is 8.38. The van der Waals surface area contributed by atoms with E-state index in [9.17, 15) is 4.79 Å². The Kier molecular flexibility index (Phi) is 6.30. The van der Waals surface area contributed by atoms with E-state index < -0.39 is 0 Å². The largest absolute Gasteiger partial charge is 0.466 e. The van der Waals surface area contributed by atoms with Gasteiger partial charge in [-0.15, -0.1) is 0 Å². The molecule has 2 unspecified atom stereocenters. The zero-order valence-corrected chi connectivity index (χ0v) is 13.1. The molecule has 4 heteroatoms. The standard InChI is InChI=1S/C16H30N2O2/c1-3-18(15-8-9-15)11-10-17-14-7-5-6-13(12-14)16(19)20-4-2/h13-15,17H,3-12H2,1-2H3. The Morgan fingerprint density at radius 3 is 2.70 bits per heavy atom. The highest BCUT2D eigenvalue weighted by molar-refractivity contribution is 5.72. The molecule has 0 aromatic rings. The smallest absolute Gasteiger partial charge is 0.308 e. The summed E-state index contributed by atoms with van der Waals surface area (Å²) in [5.41, 5.74) is 0. The number of likely N-dealkylation sites (N-methyl/N-ethyl adjacent to an activating group) is 1. The second kappa shape index (κ2) is 7.99. The molecule has 2 aliphatic carbocycles. The molecular weight excluding hydrogens is 252 g/mol. The Labute approximate surface area is 123 Å². The van der Waals surface area contributed by atoms with Crippen LogP contribution < -0.4 is 5.32 Å². The van der Waals surface area contributed by atoms with Gasteiger partial charge in [0.2, 0.25) is 0 Å². The van der Waals surface area contributed by atoms with Crippen LogP contribution in [0.15, 0.2) is 0 Å². The minimum atomic E-state index is 0.00663. The van der Waals surface area contributed by atoms with Crippen LogP contribution in [0.5, 0.6) is 0 Å². The molecule has 2 aliphatic rings. The molecule has 2 rings (SSSR count). The molecule has 2 saturated carbocycles. The van der Waals surface area contributed by atoms with Crippen molar-refractivity contribution in [1.29, 1.82) is 0 Å². The van der Waals surface area contributed by atoms with Crippen LogP contribution >= 0.6 is 0 Å². The van der Waals surface area contributed by atoms with Crippen LogP contribution in [0, 0.1) is 5.92 Å². The normalized spacial score (nSPS) is 26.8. The van der Waals surface area contributed by atoms with Gasteiger partial charge < -0.3 is 10.1 Å². The molecule has 0 saturated heterocycles. The summed E-state index contributed by atoms with van der Waals surface area (Å²) in [5, 5.41) is 3.65. The van der Waals surface area contributed by atoms with E-state index in [1.54, 1.807) is 0 Å². The minimum Gasteiger partial charge on any atom is -0.466 e. The Hall–Kier alpha value is -0.610. The van der Waals surface area contributed by atoms with E-state index in [2.05, 4.69) is 17.1 Å². The number of ether oxygens (including phenoxy) is 1. The van der Waals surface area contributed by atoms with Crippen LogP contribution in [0.1, 0.15) is 52.4 Å². The highest BCUT2D eigenvalue weighted by Crippen LogP contribution is 2.27. The highest BCUT2D eigenvalue weighted by atomic mass is 16.5. The van der Waals surface area contributed by atoms with Gasteiger partial charge in [0.1, 0.15) is 0 Å². The molecule has 0 spiro atoms. The first-order valence-electron chi connectivity index (χ1n) is 8.38. The third-order valence-corrected chi connectivity index (χ3v) is 4.60. The quantitative estimate of drug-likeness (QED) is 0.693. The maximum Gasteiger partial charge on any atom is 0.308 e. The molecule has 0 bridgehead atoms. The lowest BCUT2D eigenvalue weighted by molar-refractivity contribution is -0.149. The van der Waals surface area contributed by atoms with Crippen LogP contribution in [-0.2, 0) is 9.53 Å². The fraction of sp³-hybridized carbons (Fsp3) is 0.938. The molecule has 20 heavy (non-hydrogen) atoms. The maximum atomic E-state index is 11.8. The van der Waals surface area contributed by atoms with Gasteiger partial charge in [-0.3, -0.25) is 9.69 Å². The molecule has 4 nitrogen and oxygen atoms in total. The Morgan fingerprint density at radius 1 is 1.25 bits per heavy atom. The van der Waals surface area contributed by atoms with Gasteiger partial charge in [-0.1, -0.05) is 13.3 Å². The second-order valence-corrected chi connectivity index (χ2v) is 6.13. The van der Waals surface area contributed by atoms with Crippen LogP contribution in [0.25, 0.3) is 0 Å². The Bertz CT molecular complexity index is 305. The van der Waals surface area contributed by atoms with Crippen LogP contribution in [0.2, 0.25) is 0 Å². The van der Waals surface area contributed by atoms with Crippen LogP contribution in [0.3, 0.4) is 0 Å². The number of nitrogens with zero attached hydrogens (tertiary/aromatic N) is 1. The molecule has 0 aromatic carbocycles. The van der Waals surface area contributed by atoms with Gasteiger partial charge in [0.25, 0.3) is 0 Å². The van der Waals surface area contributed by atoms with Crippen molar-refractivity contribution in [3.63, 3.8) is 0 Å². The van der Waals surface area contributed by atoms with Crippen molar-refractivity contribution in [2.45, 2.75) is 64.5 Å². The summed E-state index contributed by atoms with van der Waals surface area (Å²) in [7, 11) is 0. The maximum absolute atomic E-state index is 11.8. The zero-order valence-electron chi connectivity index (χ0n) is 13.1. The van der Waals surface area contributed by atoms with E-state index in [1.165, 1.54) is 19.3 Å². The summed E-state index contributed by atoms with van der Waals surface area (Å²) in [6, 6.07) is 1.34. The summed E-state index contributed by atoms with van der Waals surface area (Å²) < 4.78 is 5.15. The molecule has 2 fully saturated rings. The molecule has 0 amide bonds. The molecule has 2 atom stereocenters. The number of nitrogens with one attached hydrogen (secondary N) is 1. The lowest BCUT2D eigenvalue weighted by Gasteiger charge is -2.29. The number of carbonyl (C=O) groups excluding carboxylic acids is 1. The topological polar surface area (TPSA) is 41.6 Å². The van der Waals surface area contributed by atoms with Gasteiger partial charge >= 0.3 is 5.97 Å². The van der Waals surface area contributed by atoms with E-state index >= 15 is 0 Å². The first kappa shape index (κ1) is 15.8. The van der Waals surface area contributed by atoms with Crippen molar-refractivity contribution in [2.24, 2.45) is 5.92 Å². The molecular formula is C16H30N2O2. The van der Waals surface area contributed by atoms with Gasteiger partial charge in [0.15, 0.2) is 0 Å². The molecule has 0 radical (unpaired) electrons. The molecule has 116 valence electrons. The third-order valence-electron chi connectivity index (χ3n) is 4.60. The van der Waals surface area contributed by atoms with Gasteiger partial charge in [-0.05, 0) is 45.6 Å². The number of hydrogen-bond acceptors (Lipinski definition) is 4. The van der Waals surface area contributed by atoms with E-state index in [1.807, 2.05) is 6.92 Å². The van der Waals surface area contributed by atoms with Crippen molar-refractivity contribution < 1.29 is 9.53 Å². The van der Waals surface area contributed by atoms with E-state index in [-0.39, 0.29) is 11.9 Å². The zero-order chi connectivity index (χ0) is 14.4. The second-order valence-electron chi connectivity index (χ2n) is 6.13. The highest BCUT2D eigenvalue weighted by Gasteiger charge is 2.29. The van der Waals surface area contributed by atoms with Crippen LogP contribution in [-0.4, -0.2) is 49.2 Å². The van der Waals surface area contributed by atoms with Crippen LogP contribution in [0.4, 0.5) is 0 Å². The number of hydrogen-bond donors (Lipinski definition) is 1. The SMILES string of the molecule is CCOC(=O)C1CCCC(NCCN(CC)C2CC2)C1. The Morgan fingerprint density at radius 2 is 2.05 bits per heavy atom. The Balaban J connectivity index is 1.66. The minimum absolute atomic E-state index is 0.00663. The first-order chi connectivity index (χ1) is 9.74. The van der Waals surface area contributed by atoms with Crippen molar-refractivity contribution in [3.05, 3.63) is 0 Å². The fourth-order valence-corrected chi connectivity index (χ4v) is 3.30. The van der Waals surface area contributed by atoms with E-state index in [0.717, 1.165) is 44.9 Å². The van der Waals surface area contributed by atoms with Crippen molar-refractivity contribution in [2.75, 3.05) is 26.2 Å². The monoisotopic (exact) mass is 282 g/mol. The van der Waals surface area contributed by atoms with Crippen molar-refractivity contribution in [3.8, 4) is 0 Å². The summed E-state index contributed by atoms with van der Waals surface area (Å²) in [4.78, 5) is 14.4. The average molecular weight is 282 g/mol. The summed E-state index contributed by atoms with van der Waals surface area (Å²) in [6.45, 7) is 7.97. The lowest BCUT2D eigenvalue weighted by atomic mass is 9.86. The molecule has 0 aliphatic heterocycles. The predicted molar refractivity (Wildman–Crippen MR) is 80.7 cm³/mol. The predicted octanol–water partition coefficient (Wildman–Crippen LogP) is 2.18. The average Bonchev–Trinajstić information content (AvgIpc) is 3.29. The molecule has 0 heterocycles. The fourth-order valence-electron chi connectivity index (χ4n) is 3.30. The molecule has 1 N–H and O–H groups in total. The third kappa shape index (κ3) is 4.74. The van der Waals surface area contributed by atoms with Gasteiger partial charge in [-0.25, -0.2) is 0 Å². The summed E-state index contributed by atoms with van der Waals surface area (Å²) in [5.74, 6) is 0.124. The van der Waals surface area contributed by atoms with E-state index in [0.29, 0.717) is 12.6 Å². The van der Waals surface area contributed by atoms with E-state index in [4.69, 9.17) is 4.74 Å². The number of carbonyl (C=O) groups is 1. The van der Waals surface area contributed by atoms with Gasteiger partial charge in [0, 0.05) is 25.2 Å². The lowest BCUT2D eigenvalue weighted by Crippen LogP contribution is -2.41. The summed E-state index contributed by atoms with van der Waals surface area (Å²) >= 11 is 0. The molecule has 0 aromatic heterocycles. The number of rotatable bonds is 8. The van der Waals surface area contributed by atoms with Gasteiger partial charge in [-0.2, -0.15) is 0 Å². The number of esters is 1. The van der Waals surface area contributed by atoms with Gasteiger partial charge in [0.05, 0.1) is 12.5 Å². The summed E-state index contributed by atoms with van der Waals surface area (Å²) in [6.07, 6.45) is 7.05.